The van der Waals surface area contributed by atoms with Gasteiger partial charge < -0.3 is 4.98 Å². The van der Waals surface area contributed by atoms with E-state index < -0.39 is 10.0 Å². The predicted octanol–water partition coefficient (Wildman–Crippen LogP) is 3.31. The van der Waals surface area contributed by atoms with Crippen LogP contribution in [-0.2, 0) is 16.6 Å². The molecule has 1 aliphatic heterocycles. The van der Waals surface area contributed by atoms with Gasteiger partial charge in [0.1, 0.15) is 5.69 Å². The van der Waals surface area contributed by atoms with E-state index in [9.17, 15) is 8.42 Å². The predicted molar refractivity (Wildman–Crippen MR) is 122 cm³/mol. The van der Waals surface area contributed by atoms with Gasteiger partial charge in [-0.3, -0.25) is 10.00 Å². The minimum Gasteiger partial charge on any atom is -0.353 e. The minimum absolute atomic E-state index is 0.550. The first-order valence-corrected chi connectivity index (χ1v) is 11.9. The fourth-order valence-corrected chi connectivity index (χ4v) is 4.77. The number of fused-ring (bicyclic) bond motifs is 1. The largest absolute Gasteiger partial charge is 0.353 e. The van der Waals surface area contributed by atoms with Gasteiger partial charge in [0.25, 0.3) is 0 Å². The summed E-state index contributed by atoms with van der Waals surface area (Å²) >= 11 is 0. The van der Waals surface area contributed by atoms with Gasteiger partial charge in [-0.15, -0.1) is 0 Å². The van der Waals surface area contributed by atoms with E-state index in [0.717, 1.165) is 53.2 Å². The zero-order chi connectivity index (χ0) is 21.3. The third kappa shape index (κ3) is 4.12. The first-order chi connectivity index (χ1) is 14.4. The van der Waals surface area contributed by atoms with Crippen molar-refractivity contribution >= 4 is 33.1 Å². The average molecular weight is 426 g/mol. The van der Waals surface area contributed by atoms with Crippen LogP contribution in [0, 0.1) is 0 Å². The van der Waals surface area contributed by atoms with Crippen LogP contribution in [-0.4, -0.2) is 65.2 Å². The third-order valence-electron chi connectivity index (χ3n) is 5.52. The van der Waals surface area contributed by atoms with Crippen LogP contribution in [0.3, 0.4) is 0 Å². The molecule has 3 heterocycles. The Kier molecular flexibility index (Phi) is 5.64. The topological polar surface area (TPSA) is 85.1 Å². The number of piperazine rings is 1. The molecule has 158 valence electrons. The zero-order valence-electron chi connectivity index (χ0n) is 17.4. The van der Waals surface area contributed by atoms with Crippen molar-refractivity contribution in [2.75, 3.05) is 32.4 Å². The number of hydrogen-bond acceptors (Lipinski definition) is 4. The molecule has 1 aromatic carbocycles. The van der Waals surface area contributed by atoms with Gasteiger partial charge in [-0.1, -0.05) is 24.8 Å². The summed E-state index contributed by atoms with van der Waals surface area (Å²) in [6.07, 6.45) is 7.07. The molecule has 2 aromatic heterocycles. The normalized spacial score (nSPS) is 16.6. The summed E-state index contributed by atoms with van der Waals surface area (Å²) in [5, 5.41) is 8.64. The van der Waals surface area contributed by atoms with Crippen LogP contribution in [0.15, 0.2) is 36.9 Å². The fraction of sp³-hybridized carbons (Fsp3) is 0.318. The second kappa shape index (κ2) is 8.22. The lowest BCUT2D eigenvalue weighted by Gasteiger charge is -2.33. The zero-order valence-corrected chi connectivity index (χ0v) is 18.2. The van der Waals surface area contributed by atoms with Crippen LogP contribution < -0.4 is 0 Å². The molecule has 1 saturated heterocycles. The van der Waals surface area contributed by atoms with Crippen molar-refractivity contribution in [2.24, 2.45) is 0 Å². The lowest BCUT2D eigenvalue weighted by molar-refractivity contribution is 0.182. The third-order valence-corrected chi connectivity index (χ3v) is 6.82. The molecule has 7 nitrogen and oxygen atoms in total. The summed E-state index contributed by atoms with van der Waals surface area (Å²) in [4.78, 5) is 5.76. The second-order valence-electron chi connectivity index (χ2n) is 7.65. The molecule has 8 heteroatoms. The highest BCUT2D eigenvalue weighted by Crippen LogP contribution is 2.29. The van der Waals surface area contributed by atoms with Gasteiger partial charge in [-0.2, -0.15) is 9.40 Å². The molecule has 1 aliphatic rings. The number of nitrogens with zero attached hydrogens (tertiary/aromatic N) is 3. The van der Waals surface area contributed by atoms with Gasteiger partial charge in [0.05, 0.1) is 17.6 Å². The number of aromatic amines is 2. The van der Waals surface area contributed by atoms with Crippen molar-refractivity contribution < 1.29 is 8.42 Å². The highest BCUT2D eigenvalue weighted by molar-refractivity contribution is 7.88. The molecule has 0 unspecified atom stereocenters. The van der Waals surface area contributed by atoms with Gasteiger partial charge in [-0.25, -0.2) is 8.42 Å². The maximum Gasteiger partial charge on any atom is 0.211 e. The average Bonchev–Trinajstić information content (AvgIpc) is 3.31. The van der Waals surface area contributed by atoms with Crippen LogP contribution in [0.5, 0.6) is 0 Å². The number of nitrogens with one attached hydrogen (secondary N) is 2. The fourth-order valence-electron chi connectivity index (χ4n) is 3.95. The number of allylic oxidation sites excluding steroid dienone is 1. The highest BCUT2D eigenvalue weighted by atomic mass is 32.2. The van der Waals surface area contributed by atoms with Gasteiger partial charge in [0.2, 0.25) is 10.0 Å². The summed E-state index contributed by atoms with van der Waals surface area (Å²) in [5.74, 6) is 0. The number of sulfonamides is 1. The summed E-state index contributed by atoms with van der Waals surface area (Å²) in [6, 6.07) is 8.53. The summed E-state index contributed by atoms with van der Waals surface area (Å²) in [6.45, 7) is 9.23. The standard InChI is InChI=1S/C22H27N5O2S/c1-4-6-18-19(5-2)24-25-22(18)21-14-17-13-16(7-8-20(17)23-21)15-26-9-11-27(12-10-26)30(3,28)29/h4-8,13-14,23H,2,9-12,15H2,1,3H3,(H,24,25)/b6-4-. The molecule has 0 amide bonds. The van der Waals surface area contributed by atoms with E-state index >= 15 is 0 Å². The van der Waals surface area contributed by atoms with Crippen molar-refractivity contribution in [3.8, 4) is 11.4 Å². The molecular weight excluding hydrogens is 398 g/mol. The summed E-state index contributed by atoms with van der Waals surface area (Å²) in [7, 11) is -3.10. The maximum absolute atomic E-state index is 11.7. The molecular formula is C22H27N5O2S. The Balaban J connectivity index is 1.54. The molecule has 0 aliphatic carbocycles. The first kappa shape index (κ1) is 20.6. The summed E-state index contributed by atoms with van der Waals surface area (Å²) in [5.41, 5.74) is 6.02. The molecule has 4 rings (SSSR count). The van der Waals surface area contributed by atoms with Crippen LogP contribution in [0.25, 0.3) is 34.4 Å². The number of benzene rings is 1. The SMILES string of the molecule is C=Cc1[nH]nc(-c2cc3cc(CN4CCN(S(C)(=O)=O)CC4)ccc3[nH]2)c1/C=C\C. The molecule has 0 radical (unpaired) electrons. The number of hydrogen-bond donors (Lipinski definition) is 2. The Bertz CT molecular complexity index is 1200. The smallest absolute Gasteiger partial charge is 0.211 e. The Hall–Kier alpha value is -2.68. The molecule has 2 N–H and O–H groups in total. The second-order valence-corrected chi connectivity index (χ2v) is 9.63. The number of aromatic nitrogens is 3. The van der Waals surface area contributed by atoms with E-state index in [-0.39, 0.29) is 0 Å². The Morgan fingerprint density at radius 2 is 1.97 bits per heavy atom. The van der Waals surface area contributed by atoms with Crippen LogP contribution in [0.4, 0.5) is 0 Å². The quantitative estimate of drug-likeness (QED) is 0.635. The first-order valence-electron chi connectivity index (χ1n) is 10.0. The lowest BCUT2D eigenvalue weighted by atomic mass is 10.1. The van der Waals surface area contributed by atoms with E-state index in [4.69, 9.17) is 0 Å². The van der Waals surface area contributed by atoms with Crippen molar-refractivity contribution in [3.63, 3.8) is 0 Å². The van der Waals surface area contributed by atoms with Gasteiger partial charge in [0, 0.05) is 49.2 Å². The van der Waals surface area contributed by atoms with E-state index in [0.29, 0.717) is 13.1 Å². The molecule has 3 aromatic rings. The van der Waals surface area contributed by atoms with Gasteiger partial charge >= 0.3 is 0 Å². The molecule has 0 atom stereocenters. The molecule has 0 bridgehead atoms. The highest BCUT2D eigenvalue weighted by Gasteiger charge is 2.23. The number of H-pyrrole nitrogens is 2. The van der Waals surface area contributed by atoms with Crippen molar-refractivity contribution in [2.45, 2.75) is 13.5 Å². The van der Waals surface area contributed by atoms with Crippen LogP contribution in [0.2, 0.25) is 0 Å². The molecule has 1 fully saturated rings. The van der Waals surface area contributed by atoms with E-state index in [1.807, 2.05) is 19.1 Å². The lowest BCUT2D eigenvalue weighted by Crippen LogP contribution is -2.47. The maximum atomic E-state index is 11.7. The summed E-state index contributed by atoms with van der Waals surface area (Å²) < 4.78 is 24.9. The Morgan fingerprint density at radius 1 is 1.20 bits per heavy atom. The van der Waals surface area contributed by atoms with Crippen molar-refractivity contribution in [1.82, 2.24) is 24.4 Å². The van der Waals surface area contributed by atoms with Crippen molar-refractivity contribution in [1.29, 1.82) is 0 Å². The molecule has 30 heavy (non-hydrogen) atoms. The van der Waals surface area contributed by atoms with Gasteiger partial charge in [0.15, 0.2) is 0 Å². The van der Waals surface area contributed by atoms with Crippen LogP contribution in [0.1, 0.15) is 23.7 Å². The van der Waals surface area contributed by atoms with Crippen molar-refractivity contribution in [3.05, 3.63) is 53.7 Å². The van der Waals surface area contributed by atoms with E-state index in [2.05, 4.69) is 50.9 Å². The van der Waals surface area contributed by atoms with E-state index in [1.165, 1.54) is 11.8 Å². The Labute approximate surface area is 177 Å². The monoisotopic (exact) mass is 425 g/mol. The van der Waals surface area contributed by atoms with Crippen LogP contribution >= 0.6 is 0 Å². The molecule has 0 saturated carbocycles. The minimum atomic E-state index is -3.10. The number of rotatable bonds is 6. The van der Waals surface area contributed by atoms with Gasteiger partial charge in [-0.05, 0) is 36.8 Å². The molecule has 0 spiro atoms. The Morgan fingerprint density at radius 3 is 2.63 bits per heavy atom. The van der Waals surface area contributed by atoms with E-state index in [1.54, 1.807) is 10.4 Å².